The molecule has 1 aliphatic carbocycles. The molecule has 0 aromatic carbocycles. The Morgan fingerprint density at radius 1 is 1.23 bits per heavy atom. The Balaban J connectivity index is 0.000000396. The van der Waals surface area contributed by atoms with Crippen LogP contribution < -0.4 is 11.3 Å². The molecule has 1 aliphatic rings. The summed E-state index contributed by atoms with van der Waals surface area (Å²) in [4.78, 5) is 13.8. The molecule has 0 saturated carbocycles. The number of pyridine rings is 1. The van der Waals surface area contributed by atoms with Crippen molar-refractivity contribution in [3.63, 3.8) is 0 Å². The van der Waals surface area contributed by atoms with E-state index in [0.717, 1.165) is 18.5 Å². The predicted molar refractivity (Wildman–Crippen MR) is 53.8 cm³/mol. The van der Waals surface area contributed by atoms with Crippen LogP contribution in [0.4, 0.5) is 0 Å². The van der Waals surface area contributed by atoms with Crippen LogP contribution in [0.5, 0.6) is 0 Å². The van der Waals surface area contributed by atoms with Crippen molar-refractivity contribution < 1.29 is 0 Å². The van der Waals surface area contributed by atoms with Gasteiger partial charge in [-0.1, -0.05) is 6.07 Å². The third-order valence-electron chi connectivity index (χ3n) is 2.22. The van der Waals surface area contributed by atoms with Crippen LogP contribution in [0.1, 0.15) is 24.1 Å². The highest BCUT2D eigenvalue weighted by molar-refractivity contribution is 5.21. The van der Waals surface area contributed by atoms with Gasteiger partial charge in [0.05, 0.1) is 0 Å². The van der Waals surface area contributed by atoms with Gasteiger partial charge in [-0.15, -0.1) is 0 Å². The van der Waals surface area contributed by atoms with Gasteiger partial charge in [0.2, 0.25) is 5.56 Å². The standard InChI is InChI=1S/C9H11NO.CH5N/c11-9-6-5-7-3-1-2-4-8(7)10-9;1-2/h5-6H,1-4H2,(H,10,11);2H2,1H3. The molecule has 0 radical (unpaired) electrons. The van der Waals surface area contributed by atoms with Crippen molar-refractivity contribution in [2.45, 2.75) is 25.7 Å². The van der Waals surface area contributed by atoms with E-state index in [1.807, 2.05) is 6.07 Å². The van der Waals surface area contributed by atoms with Crippen molar-refractivity contribution >= 4 is 0 Å². The van der Waals surface area contributed by atoms with E-state index in [9.17, 15) is 4.79 Å². The van der Waals surface area contributed by atoms with Crippen LogP contribution in [0.2, 0.25) is 0 Å². The van der Waals surface area contributed by atoms with Crippen LogP contribution in [0.15, 0.2) is 16.9 Å². The summed E-state index contributed by atoms with van der Waals surface area (Å²) < 4.78 is 0. The average molecular weight is 180 g/mol. The van der Waals surface area contributed by atoms with E-state index in [1.54, 1.807) is 6.07 Å². The van der Waals surface area contributed by atoms with Gasteiger partial charge in [0.1, 0.15) is 0 Å². The molecule has 0 spiro atoms. The molecule has 0 fully saturated rings. The fraction of sp³-hybridized carbons (Fsp3) is 0.500. The zero-order chi connectivity index (χ0) is 9.68. The first-order chi connectivity index (χ1) is 6.36. The SMILES string of the molecule is CN.O=c1ccc2c([nH]1)CCCC2. The van der Waals surface area contributed by atoms with Crippen molar-refractivity contribution in [3.05, 3.63) is 33.7 Å². The molecule has 0 aliphatic heterocycles. The molecule has 3 nitrogen and oxygen atoms in total. The van der Waals surface area contributed by atoms with Gasteiger partial charge in [-0.2, -0.15) is 0 Å². The first-order valence-corrected chi connectivity index (χ1v) is 4.65. The zero-order valence-corrected chi connectivity index (χ0v) is 7.97. The van der Waals surface area contributed by atoms with Gasteiger partial charge in [0.25, 0.3) is 0 Å². The second-order valence-corrected chi connectivity index (χ2v) is 3.03. The van der Waals surface area contributed by atoms with Crippen LogP contribution in [0, 0.1) is 0 Å². The van der Waals surface area contributed by atoms with Gasteiger partial charge in [0.15, 0.2) is 0 Å². The van der Waals surface area contributed by atoms with E-state index in [4.69, 9.17) is 0 Å². The fourth-order valence-electron chi connectivity index (χ4n) is 1.62. The Morgan fingerprint density at radius 3 is 2.69 bits per heavy atom. The molecule has 0 saturated heterocycles. The average Bonchev–Trinajstić information content (AvgIpc) is 2.21. The topological polar surface area (TPSA) is 58.9 Å². The highest BCUT2D eigenvalue weighted by atomic mass is 16.1. The summed E-state index contributed by atoms with van der Waals surface area (Å²) in [7, 11) is 1.50. The van der Waals surface area contributed by atoms with Gasteiger partial charge in [-0.3, -0.25) is 4.79 Å². The minimum Gasteiger partial charge on any atom is -0.333 e. The zero-order valence-electron chi connectivity index (χ0n) is 7.97. The summed E-state index contributed by atoms with van der Waals surface area (Å²) in [6.07, 6.45) is 4.66. The molecule has 0 amide bonds. The Kier molecular flexibility index (Phi) is 3.71. The highest BCUT2D eigenvalue weighted by Crippen LogP contribution is 2.16. The lowest BCUT2D eigenvalue weighted by Crippen LogP contribution is -2.13. The molecular weight excluding hydrogens is 164 g/mol. The molecule has 13 heavy (non-hydrogen) atoms. The van der Waals surface area contributed by atoms with Crippen LogP contribution in [-0.2, 0) is 12.8 Å². The number of rotatable bonds is 0. The number of aryl methyl sites for hydroxylation is 2. The van der Waals surface area contributed by atoms with Gasteiger partial charge in [-0.25, -0.2) is 0 Å². The summed E-state index contributed by atoms with van der Waals surface area (Å²) in [6.45, 7) is 0. The lowest BCUT2D eigenvalue weighted by Gasteiger charge is -2.13. The van der Waals surface area contributed by atoms with Crippen molar-refractivity contribution in [1.82, 2.24) is 4.98 Å². The molecule has 0 bridgehead atoms. The number of hydrogen-bond acceptors (Lipinski definition) is 2. The van der Waals surface area contributed by atoms with Gasteiger partial charge in [0, 0.05) is 11.8 Å². The molecule has 1 aromatic heterocycles. The maximum atomic E-state index is 10.9. The Labute approximate surface area is 78.0 Å². The van der Waals surface area contributed by atoms with Gasteiger partial charge < -0.3 is 10.7 Å². The van der Waals surface area contributed by atoms with E-state index in [2.05, 4.69) is 10.7 Å². The first kappa shape index (κ1) is 9.99. The van der Waals surface area contributed by atoms with Crippen molar-refractivity contribution in [1.29, 1.82) is 0 Å². The minimum atomic E-state index is 0.0330. The molecule has 2 rings (SSSR count). The van der Waals surface area contributed by atoms with Crippen LogP contribution in [0.3, 0.4) is 0 Å². The van der Waals surface area contributed by atoms with E-state index >= 15 is 0 Å². The molecule has 1 heterocycles. The summed E-state index contributed by atoms with van der Waals surface area (Å²) in [6, 6.07) is 3.57. The second kappa shape index (κ2) is 4.82. The predicted octanol–water partition coefficient (Wildman–Crippen LogP) is 0.829. The van der Waals surface area contributed by atoms with E-state index < -0.39 is 0 Å². The third-order valence-corrected chi connectivity index (χ3v) is 2.22. The number of nitrogens with one attached hydrogen (secondary N) is 1. The molecule has 72 valence electrons. The third kappa shape index (κ3) is 2.42. The second-order valence-electron chi connectivity index (χ2n) is 3.03. The molecule has 3 N–H and O–H groups in total. The number of aromatic amines is 1. The number of hydrogen-bond donors (Lipinski definition) is 2. The quantitative estimate of drug-likeness (QED) is 0.621. The molecule has 3 heteroatoms. The lowest BCUT2D eigenvalue weighted by molar-refractivity contribution is 0.665. The van der Waals surface area contributed by atoms with E-state index in [1.165, 1.54) is 25.5 Å². The Bertz CT molecular complexity index is 317. The molecule has 1 aromatic rings. The van der Waals surface area contributed by atoms with Gasteiger partial charge in [-0.05, 0) is 38.3 Å². The monoisotopic (exact) mass is 180 g/mol. The maximum Gasteiger partial charge on any atom is 0.248 e. The van der Waals surface area contributed by atoms with E-state index in [0.29, 0.717) is 0 Å². The van der Waals surface area contributed by atoms with Crippen molar-refractivity contribution in [3.8, 4) is 0 Å². The number of H-pyrrole nitrogens is 1. The highest BCUT2D eigenvalue weighted by Gasteiger charge is 2.08. The maximum absolute atomic E-state index is 10.9. The van der Waals surface area contributed by atoms with Crippen LogP contribution in [-0.4, -0.2) is 12.0 Å². The summed E-state index contributed by atoms with van der Waals surface area (Å²) >= 11 is 0. The smallest absolute Gasteiger partial charge is 0.248 e. The largest absolute Gasteiger partial charge is 0.333 e. The Hall–Kier alpha value is -1.09. The number of aromatic nitrogens is 1. The lowest BCUT2D eigenvalue weighted by atomic mass is 9.96. The van der Waals surface area contributed by atoms with E-state index in [-0.39, 0.29) is 5.56 Å². The van der Waals surface area contributed by atoms with Crippen LogP contribution in [0.25, 0.3) is 0 Å². The molecular formula is C10H16N2O. The van der Waals surface area contributed by atoms with Crippen molar-refractivity contribution in [2.24, 2.45) is 5.73 Å². The van der Waals surface area contributed by atoms with Gasteiger partial charge >= 0.3 is 0 Å². The summed E-state index contributed by atoms with van der Waals surface area (Å²) in [5.74, 6) is 0. The fourth-order valence-corrected chi connectivity index (χ4v) is 1.62. The number of fused-ring (bicyclic) bond motifs is 1. The summed E-state index contributed by atoms with van der Waals surface area (Å²) in [5, 5.41) is 0. The summed E-state index contributed by atoms with van der Waals surface area (Å²) in [5.41, 5.74) is 7.02. The minimum absolute atomic E-state index is 0.0330. The number of nitrogens with two attached hydrogens (primary N) is 1. The van der Waals surface area contributed by atoms with Crippen LogP contribution >= 0.6 is 0 Å². The molecule has 0 atom stereocenters. The molecule has 0 unspecified atom stereocenters. The first-order valence-electron chi connectivity index (χ1n) is 4.65. The normalized spacial score (nSPS) is 14.0. The Morgan fingerprint density at radius 2 is 1.92 bits per heavy atom. The van der Waals surface area contributed by atoms with Crippen molar-refractivity contribution in [2.75, 3.05) is 7.05 Å².